The summed E-state index contributed by atoms with van der Waals surface area (Å²) < 4.78 is 5.62. The van der Waals surface area contributed by atoms with Crippen molar-refractivity contribution in [2.24, 2.45) is 0 Å². The number of amides is 1. The highest BCUT2D eigenvalue weighted by atomic mass is 35.5. The fourth-order valence-corrected chi connectivity index (χ4v) is 6.55. The van der Waals surface area contributed by atoms with Crippen LogP contribution in [0.3, 0.4) is 0 Å². The highest BCUT2D eigenvalue weighted by molar-refractivity contribution is 6.39. The van der Waals surface area contributed by atoms with Crippen LogP contribution in [0.2, 0.25) is 10.0 Å². The second-order valence-corrected chi connectivity index (χ2v) is 11.6. The van der Waals surface area contributed by atoms with E-state index in [1.807, 2.05) is 42.7 Å². The van der Waals surface area contributed by atoms with E-state index in [-0.39, 0.29) is 33.6 Å². The smallest absolute Gasteiger partial charge is 0.254 e. The van der Waals surface area contributed by atoms with E-state index in [0.717, 1.165) is 53.1 Å². The van der Waals surface area contributed by atoms with E-state index >= 15 is 0 Å². The van der Waals surface area contributed by atoms with E-state index in [9.17, 15) is 4.79 Å². The van der Waals surface area contributed by atoms with E-state index in [2.05, 4.69) is 55.5 Å². The van der Waals surface area contributed by atoms with E-state index in [1.54, 1.807) is 13.4 Å². The van der Waals surface area contributed by atoms with Crippen LogP contribution in [0.4, 0.5) is 0 Å². The summed E-state index contributed by atoms with van der Waals surface area (Å²) in [6.45, 7) is 0.945. The lowest BCUT2D eigenvalue weighted by molar-refractivity contribution is 0.0951. The molecule has 2 unspecified atom stereocenters. The van der Waals surface area contributed by atoms with Crippen LogP contribution in [0.15, 0.2) is 91.8 Å². The number of H-pyrrole nitrogens is 1. The summed E-state index contributed by atoms with van der Waals surface area (Å²) in [6, 6.07) is 20.6. The van der Waals surface area contributed by atoms with Crippen LogP contribution < -0.4 is 10.1 Å². The molecule has 6 rings (SSSR count). The molecule has 2 aromatic carbocycles. The Kier molecular flexibility index (Phi) is 9.21. The maximum atomic E-state index is 12.9. The normalized spacial score (nSPS) is 15.0. The Labute approximate surface area is 266 Å². The summed E-state index contributed by atoms with van der Waals surface area (Å²) in [7, 11) is 1.68. The summed E-state index contributed by atoms with van der Waals surface area (Å²) in [5.41, 5.74) is 6.75. The lowest BCUT2D eigenvalue weighted by Gasteiger charge is -2.40. The zero-order valence-corrected chi connectivity index (χ0v) is 25.7. The van der Waals surface area contributed by atoms with Crippen LogP contribution >= 0.6 is 23.2 Å². The molecule has 1 aliphatic rings. The monoisotopic (exact) mass is 626 g/mol. The van der Waals surface area contributed by atoms with Crippen molar-refractivity contribution in [1.29, 1.82) is 0 Å². The fraction of sp³-hybridized carbons (Fsp3) is 0.235. The number of nitrogens with zero attached hydrogens (tertiary/aromatic N) is 4. The van der Waals surface area contributed by atoms with Crippen LogP contribution in [0.5, 0.6) is 5.75 Å². The number of carbonyl (C=O) groups is 1. The van der Waals surface area contributed by atoms with E-state index in [4.69, 9.17) is 32.9 Å². The third-order valence-electron chi connectivity index (χ3n) is 8.01. The first-order valence-electron chi connectivity index (χ1n) is 14.5. The van der Waals surface area contributed by atoms with Crippen LogP contribution in [-0.4, -0.2) is 37.9 Å². The van der Waals surface area contributed by atoms with Crippen molar-refractivity contribution in [3.05, 3.63) is 141 Å². The minimum atomic E-state index is -0.350. The van der Waals surface area contributed by atoms with Crippen molar-refractivity contribution in [3.63, 3.8) is 0 Å². The number of hydrogen-bond donors (Lipinski definition) is 2. The van der Waals surface area contributed by atoms with Crippen LogP contribution in [-0.2, 0) is 19.5 Å². The van der Waals surface area contributed by atoms with Crippen LogP contribution in [0.25, 0.3) is 0 Å². The molecular weight excluding hydrogens is 595 g/mol. The van der Waals surface area contributed by atoms with Gasteiger partial charge in [0.15, 0.2) is 0 Å². The lowest BCUT2D eigenvalue weighted by Crippen LogP contribution is -2.36. The van der Waals surface area contributed by atoms with Gasteiger partial charge >= 0.3 is 0 Å². The molecule has 1 amide bonds. The summed E-state index contributed by atoms with van der Waals surface area (Å²) >= 11 is 12.4. The average Bonchev–Trinajstić information content (AvgIpc) is 3.58. The standard InChI is InChI=1S/C34H32Cl2N6O2/c1-44-26-11-3-9-25(15-26)33(29-19-38-21-41-29)42(30-12-4-8-24-10-5-13-39-32(24)30)20-23-7-2-6-22(14-23)16-40-34(43)31-27(35)17-37-18-28(31)36/h2-3,5-7,9-11,13-15,17-19,21,30,33H,4,8,12,16,20H2,1H3,(H,38,41)(H,40,43). The molecule has 0 aliphatic heterocycles. The number of pyridine rings is 2. The van der Waals surface area contributed by atoms with Gasteiger partial charge in [-0.15, -0.1) is 0 Å². The summed E-state index contributed by atoms with van der Waals surface area (Å²) in [4.78, 5) is 32.0. The molecule has 224 valence electrons. The van der Waals surface area contributed by atoms with Gasteiger partial charge in [0, 0.05) is 37.9 Å². The van der Waals surface area contributed by atoms with Gasteiger partial charge in [-0.3, -0.25) is 19.7 Å². The van der Waals surface area contributed by atoms with Crippen LogP contribution in [0.1, 0.15) is 68.9 Å². The van der Waals surface area contributed by atoms with Gasteiger partial charge in [0.1, 0.15) is 5.75 Å². The topological polar surface area (TPSA) is 96.0 Å². The average molecular weight is 628 g/mol. The van der Waals surface area contributed by atoms with Gasteiger partial charge in [0.05, 0.1) is 52.5 Å². The van der Waals surface area contributed by atoms with Gasteiger partial charge in [0.2, 0.25) is 0 Å². The first-order chi connectivity index (χ1) is 21.5. The van der Waals surface area contributed by atoms with Gasteiger partial charge in [-0.1, -0.05) is 65.7 Å². The molecule has 1 aliphatic carbocycles. The number of nitrogens with one attached hydrogen (secondary N) is 2. The molecule has 8 nitrogen and oxygen atoms in total. The molecule has 5 aromatic rings. The highest BCUT2D eigenvalue weighted by Gasteiger charge is 2.34. The fourth-order valence-electron chi connectivity index (χ4n) is 6.01. The molecule has 2 atom stereocenters. The number of halogens is 2. The third-order valence-corrected chi connectivity index (χ3v) is 8.58. The van der Waals surface area contributed by atoms with E-state index in [0.29, 0.717) is 13.1 Å². The molecule has 3 aromatic heterocycles. The Morgan fingerprint density at radius 2 is 1.86 bits per heavy atom. The van der Waals surface area contributed by atoms with Crippen molar-refractivity contribution >= 4 is 29.1 Å². The van der Waals surface area contributed by atoms with Crippen molar-refractivity contribution in [3.8, 4) is 5.75 Å². The van der Waals surface area contributed by atoms with Crippen LogP contribution in [0, 0.1) is 0 Å². The number of imidazole rings is 1. The number of ether oxygens (including phenoxy) is 1. The second-order valence-electron chi connectivity index (χ2n) is 10.8. The quantitative estimate of drug-likeness (QED) is 0.171. The molecule has 10 heteroatoms. The first-order valence-corrected chi connectivity index (χ1v) is 15.2. The Morgan fingerprint density at radius 3 is 2.66 bits per heavy atom. The molecule has 0 bridgehead atoms. The Morgan fingerprint density at radius 1 is 1.05 bits per heavy atom. The third kappa shape index (κ3) is 6.48. The number of rotatable bonds is 10. The summed E-state index contributed by atoms with van der Waals surface area (Å²) in [5, 5.41) is 3.37. The molecule has 0 saturated carbocycles. The van der Waals surface area contributed by atoms with Gasteiger partial charge in [-0.05, 0) is 59.7 Å². The van der Waals surface area contributed by atoms with E-state index in [1.165, 1.54) is 18.0 Å². The van der Waals surface area contributed by atoms with Crippen molar-refractivity contribution in [2.75, 3.05) is 7.11 Å². The summed E-state index contributed by atoms with van der Waals surface area (Å²) in [5.74, 6) is 0.443. The number of aryl methyl sites for hydroxylation is 1. The molecular formula is C34H32Cl2N6O2. The maximum Gasteiger partial charge on any atom is 0.254 e. The van der Waals surface area contributed by atoms with Gasteiger partial charge in [-0.25, -0.2) is 4.98 Å². The molecule has 2 N–H and O–H groups in total. The predicted octanol–water partition coefficient (Wildman–Crippen LogP) is 7.11. The SMILES string of the molecule is COc1cccc(C(c2cnc[nH]2)N(Cc2cccc(CNC(=O)c3c(Cl)cncc3Cl)c2)C2CCCc3cccnc32)c1. The van der Waals surface area contributed by atoms with Crippen molar-refractivity contribution in [2.45, 2.75) is 44.4 Å². The Hall–Kier alpha value is -4.24. The van der Waals surface area contributed by atoms with Gasteiger partial charge in [0.25, 0.3) is 5.91 Å². The number of aromatic nitrogens is 4. The molecule has 3 heterocycles. The first kappa shape index (κ1) is 29.8. The number of hydrogen-bond acceptors (Lipinski definition) is 6. The van der Waals surface area contributed by atoms with E-state index < -0.39 is 0 Å². The largest absolute Gasteiger partial charge is 0.497 e. The Bertz CT molecular complexity index is 1730. The lowest BCUT2D eigenvalue weighted by atomic mass is 9.88. The minimum absolute atomic E-state index is 0.0683. The number of aromatic amines is 1. The number of methoxy groups -OCH3 is 1. The van der Waals surface area contributed by atoms with Crippen molar-refractivity contribution < 1.29 is 9.53 Å². The minimum Gasteiger partial charge on any atom is -0.497 e. The zero-order valence-electron chi connectivity index (χ0n) is 24.2. The summed E-state index contributed by atoms with van der Waals surface area (Å²) in [6.07, 6.45) is 11.4. The number of benzene rings is 2. The maximum absolute atomic E-state index is 12.9. The second kappa shape index (κ2) is 13.6. The Balaban J connectivity index is 1.35. The van der Waals surface area contributed by atoms with Crippen molar-refractivity contribution in [1.82, 2.24) is 30.2 Å². The number of carbonyl (C=O) groups excluding carboxylic acids is 1. The molecule has 0 radical (unpaired) electrons. The zero-order chi connectivity index (χ0) is 30.5. The highest BCUT2D eigenvalue weighted by Crippen LogP contribution is 2.42. The number of fused-ring (bicyclic) bond motifs is 1. The van der Waals surface area contributed by atoms with Gasteiger partial charge in [-0.2, -0.15) is 0 Å². The predicted molar refractivity (Wildman–Crippen MR) is 171 cm³/mol. The molecule has 0 fully saturated rings. The van der Waals surface area contributed by atoms with Gasteiger partial charge < -0.3 is 15.0 Å². The molecule has 44 heavy (non-hydrogen) atoms. The molecule has 0 spiro atoms. The molecule has 0 saturated heterocycles.